The summed E-state index contributed by atoms with van der Waals surface area (Å²) in [4.78, 5) is 4.47. The molecule has 16 heavy (non-hydrogen) atoms. The zero-order valence-electron chi connectivity index (χ0n) is 10.2. The van der Waals surface area contributed by atoms with E-state index in [9.17, 15) is 0 Å². The first-order chi connectivity index (χ1) is 7.74. The fraction of sp³-hybridized carbons (Fsp3) is 0.615. The summed E-state index contributed by atoms with van der Waals surface area (Å²) >= 11 is 0. The molecule has 2 rings (SSSR count). The van der Waals surface area contributed by atoms with Crippen molar-refractivity contribution in [1.29, 1.82) is 0 Å². The molecule has 2 N–H and O–H groups in total. The van der Waals surface area contributed by atoms with Crippen molar-refractivity contribution in [3.05, 3.63) is 29.6 Å². The molecule has 1 aliphatic carbocycles. The van der Waals surface area contributed by atoms with E-state index in [1.165, 1.54) is 12.8 Å². The summed E-state index contributed by atoms with van der Waals surface area (Å²) < 4.78 is 0. The topological polar surface area (TPSA) is 37.0 Å². The molecule has 1 fully saturated rings. The van der Waals surface area contributed by atoms with Crippen LogP contribution in [0.3, 0.4) is 0 Å². The average Bonchev–Trinajstić information content (AvgIpc) is 3.07. The first-order valence-corrected chi connectivity index (χ1v) is 6.13. The molecule has 1 heterocycles. The highest BCUT2D eigenvalue weighted by Crippen LogP contribution is 2.18. The molecule has 3 nitrogen and oxygen atoms in total. The van der Waals surface area contributed by atoms with E-state index in [1.807, 2.05) is 13.0 Å². The van der Waals surface area contributed by atoms with E-state index < -0.39 is 0 Å². The van der Waals surface area contributed by atoms with E-state index in [4.69, 9.17) is 0 Å². The summed E-state index contributed by atoms with van der Waals surface area (Å²) in [5.74, 6) is 0. The second kappa shape index (κ2) is 5.41. The lowest BCUT2D eigenvalue weighted by molar-refractivity contribution is 0.496. The maximum Gasteiger partial charge on any atom is 0.0544 e. The van der Waals surface area contributed by atoms with Crippen molar-refractivity contribution in [2.45, 2.75) is 45.3 Å². The van der Waals surface area contributed by atoms with Crippen LogP contribution < -0.4 is 10.6 Å². The Balaban J connectivity index is 1.69. The van der Waals surface area contributed by atoms with Gasteiger partial charge < -0.3 is 10.6 Å². The number of aromatic nitrogens is 1. The molecule has 1 unspecified atom stereocenters. The Labute approximate surface area is 97.7 Å². The molecule has 0 radical (unpaired) electrons. The number of aryl methyl sites for hydroxylation is 1. The van der Waals surface area contributed by atoms with E-state index in [0.717, 1.165) is 30.5 Å². The van der Waals surface area contributed by atoms with Gasteiger partial charge in [-0.05, 0) is 38.8 Å². The number of nitrogens with zero attached hydrogens (tertiary/aromatic N) is 1. The Morgan fingerprint density at radius 1 is 1.44 bits per heavy atom. The summed E-state index contributed by atoms with van der Waals surface area (Å²) in [7, 11) is 0. The maximum atomic E-state index is 4.47. The van der Waals surface area contributed by atoms with Crippen LogP contribution in [0.15, 0.2) is 18.2 Å². The number of hydrogen-bond donors (Lipinski definition) is 2. The van der Waals surface area contributed by atoms with Gasteiger partial charge in [-0.2, -0.15) is 0 Å². The first-order valence-electron chi connectivity index (χ1n) is 6.13. The Kier molecular flexibility index (Phi) is 3.91. The van der Waals surface area contributed by atoms with Crippen LogP contribution in [-0.2, 0) is 6.54 Å². The van der Waals surface area contributed by atoms with Crippen LogP contribution in [0.25, 0.3) is 0 Å². The highest BCUT2D eigenvalue weighted by Gasteiger charge is 2.20. The van der Waals surface area contributed by atoms with E-state index in [2.05, 4.69) is 34.7 Å². The first kappa shape index (κ1) is 11.6. The molecule has 0 saturated heterocycles. The van der Waals surface area contributed by atoms with E-state index in [-0.39, 0.29) is 0 Å². The summed E-state index contributed by atoms with van der Waals surface area (Å²) in [5.41, 5.74) is 2.21. The van der Waals surface area contributed by atoms with Crippen LogP contribution in [-0.4, -0.2) is 23.6 Å². The zero-order valence-corrected chi connectivity index (χ0v) is 10.2. The highest BCUT2D eigenvalue weighted by atomic mass is 15.0. The van der Waals surface area contributed by atoms with Crippen molar-refractivity contribution in [2.75, 3.05) is 6.54 Å². The minimum Gasteiger partial charge on any atom is -0.312 e. The van der Waals surface area contributed by atoms with Crippen molar-refractivity contribution < 1.29 is 0 Å². The largest absolute Gasteiger partial charge is 0.312 e. The minimum atomic E-state index is 0.503. The third-order valence-corrected chi connectivity index (χ3v) is 2.87. The van der Waals surface area contributed by atoms with Gasteiger partial charge in [-0.15, -0.1) is 0 Å². The van der Waals surface area contributed by atoms with Crippen LogP contribution in [0, 0.1) is 6.92 Å². The van der Waals surface area contributed by atoms with Crippen molar-refractivity contribution in [2.24, 2.45) is 0 Å². The van der Waals surface area contributed by atoms with Crippen LogP contribution in [0.1, 0.15) is 31.2 Å². The van der Waals surface area contributed by atoms with Gasteiger partial charge in [0.25, 0.3) is 0 Å². The second-order valence-corrected chi connectivity index (χ2v) is 4.73. The molecule has 0 aliphatic heterocycles. The maximum absolute atomic E-state index is 4.47. The molecule has 1 aliphatic rings. The Morgan fingerprint density at radius 3 is 2.94 bits per heavy atom. The molecule has 0 bridgehead atoms. The van der Waals surface area contributed by atoms with Gasteiger partial charge in [0.05, 0.1) is 5.69 Å². The molecule has 1 atom stereocenters. The molecule has 3 heteroatoms. The molecule has 1 aromatic rings. The highest BCUT2D eigenvalue weighted by molar-refractivity contribution is 5.09. The van der Waals surface area contributed by atoms with Crippen molar-refractivity contribution >= 4 is 0 Å². The molecule has 0 spiro atoms. The Hall–Kier alpha value is -0.930. The van der Waals surface area contributed by atoms with E-state index in [0.29, 0.717) is 6.04 Å². The van der Waals surface area contributed by atoms with Crippen LogP contribution in [0.4, 0.5) is 0 Å². The molecule has 1 aromatic heterocycles. The van der Waals surface area contributed by atoms with E-state index in [1.54, 1.807) is 0 Å². The molecule has 88 valence electrons. The third kappa shape index (κ3) is 3.91. The predicted octanol–water partition coefficient (Wildman–Crippen LogP) is 1.62. The van der Waals surface area contributed by atoms with Crippen molar-refractivity contribution in [3.63, 3.8) is 0 Å². The summed E-state index contributed by atoms with van der Waals surface area (Å²) in [5, 5.41) is 7.01. The third-order valence-electron chi connectivity index (χ3n) is 2.87. The lowest BCUT2D eigenvalue weighted by atomic mass is 10.3. The van der Waals surface area contributed by atoms with Crippen molar-refractivity contribution in [1.82, 2.24) is 15.6 Å². The Morgan fingerprint density at radius 2 is 2.25 bits per heavy atom. The number of pyridine rings is 1. The van der Waals surface area contributed by atoms with E-state index >= 15 is 0 Å². The lowest BCUT2D eigenvalue weighted by Crippen LogP contribution is -2.36. The molecule has 0 aromatic carbocycles. The van der Waals surface area contributed by atoms with Gasteiger partial charge in [0.1, 0.15) is 0 Å². The fourth-order valence-electron chi connectivity index (χ4n) is 1.68. The summed E-state index contributed by atoms with van der Waals surface area (Å²) in [6.07, 6.45) is 2.71. The number of nitrogens with one attached hydrogen (secondary N) is 2. The Bertz CT molecular complexity index is 334. The average molecular weight is 219 g/mol. The monoisotopic (exact) mass is 219 g/mol. The van der Waals surface area contributed by atoms with Gasteiger partial charge in [0.15, 0.2) is 0 Å². The lowest BCUT2D eigenvalue weighted by Gasteiger charge is -2.14. The summed E-state index contributed by atoms with van der Waals surface area (Å²) in [6.45, 7) is 6.15. The zero-order chi connectivity index (χ0) is 11.4. The minimum absolute atomic E-state index is 0.503. The summed E-state index contributed by atoms with van der Waals surface area (Å²) in [6, 6.07) is 7.46. The van der Waals surface area contributed by atoms with Gasteiger partial charge in [0.2, 0.25) is 0 Å². The van der Waals surface area contributed by atoms with Gasteiger partial charge >= 0.3 is 0 Å². The van der Waals surface area contributed by atoms with Gasteiger partial charge in [0, 0.05) is 30.9 Å². The smallest absolute Gasteiger partial charge is 0.0544 e. The van der Waals surface area contributed by atoms with Crippen molar-refractivity contribution in [3.8, 4) is 0 Å². The SMILES string of the molecule is Cc1cccc(CNC(C)CNC2CC2)n1. The molecule has 0 amide bonds. The number of hydrogen-bond acceptors (Lipinski definition) is 3. The molecule has 1 saturated carbocycles. The predicted molar refractivity (Wildman–Crippen MR) is 66.3 cm³/mol. The molecular formula is C13H21N3. The van der Waals surface area contributed by atoms with Gasteiger partial charge in [-0.25, -0.2) is 0 Å². The van der Waals surface area contributed by atoms with Gasteiger partial charge in [-0.3, -0.25) is 4.98 Å². The van der Waals surface area contributed by atoms with Crippen LogP contribution in [0.5, 0.6) is 0 Å². The molecular weight excluding hydrogens is 198 g/mol. The fourth-order valence-corrected chi connectivity index (χ4v) is 1.68. The quantitative estimate of drug-likeness (QED) is 0.763. The van der Waals surface area contributed by atoms with Crippen LogP contribution in [0.2, 0.25) is 0 Å². The number of rotatable bonds is 6. The normalized spacial score (nSPS) is 17.4. The van der Waals surface area contributed by atoms with Crippen LogP contribution >= 0.6 is 0 Å². The second-order valence-electron chi connectivity index (χ2n) is 4.73. The van der Waals surface area contributed by atoms with Gasteiger partial charge in [-0.1, -0.05) is 6.07 Å². The standard InChI is InChI=1S/C13H21N3/c1-10-4-3-5-13(16-10)9-14-11(2)8-15-12-6-7-12/h3-5,11-12,14-15H,6-9H2,1-2H3.